The predicted molar refractivity (Wildman–Crippen MR) is 86.6 cm³/mol. The summed E-state index contributed by atoms with van der Waals surface area (Å²) < 4.78 is 13.9. The topological polar surface area (TPSA) is 65.5 Å². The molecule has 22 heavy (non-hydrogen) atoms. The molecule has 5 nitrogen and oxygen atoms in total. The number of nitrogens with one attached hydrogen (secondary N) is 1. The maximum Gasteiger partial charge on any atom is 0.243 e. The fraction of sp³-hybridized carbons (Fsp3) is 0.467. The van der Waals surface area contributed by atoms with Crippen LogP contribution in [0.2, 0.25) is 0 Å². The molecule has 0 aliphatic heterocycles. The fourth-order valence-corrected chi connectivity index (χ4v) is 2.84. The Balaban J connectivity index is 2.00. The number of fused-ring (bicyclic) bond motifs is 1. The molecule has 0 saturated heterocycles. The van der Waals surface area contributed by atoms with Gasteiger partial charge in [-0.1, -0.05) is 11.3 Å². The molecule has 2 N–H and O–H groups in total. The van der Waals surface area contributed by atoms with E-state index in [2.05, 4.69) is 10.3 Å². The van der Waals surface area contributed by atoms with Gasteiger partial charge in [0.2, 0.25) is 5.91 Å². The zero-order chi connectivity index (χ0) is 16.3. The second kappa shape index (κ2) is 7.13. The largest absolute Gasteiger partial charge is 0.393 e. The lowest BCUT2D eigenvalue weighted by molar-refractivity contribution is -0.120. The number of likely N-dealkylation sites (N-methyl/N-ethyl adjacent to an activating group) is 1. The lowest BCUT2D eigenvalue weighted by Gasteiger charge is -2.23. The van der Waals surface area contributed by atoms with E-state index in [-0.39, 0.29) is 17.8 Å². The minimum absolute atomic E-state index is 0.173. The Morgan fingerprint density at radius 1 is 1.50 bits per heavy atom. The number of aromatic nitrogens is 1. The summed E-state index contributed by atoms with van der Waals surface area (Å²) in [6.45, 7) is 4.14. The van der Waals surface area contributed by atoms with Crippen molar-refractivity contribution in [3.63, 3.8) is 0 Å². The third-order valence-electron chi connectivity index (χ3n) is 3.52. The molecule has 0 spiro atoms. The Labute approximate surface area is 132 Å². The van der Waals surface area contributed by atoms with E-state index in [9.17, 15) is 14.3 Å². The van der Waals surface area contributed by atoms with Gasteiger partial charge in [0.05, 0.1) is 22.4 Å². The fourth-order valence-electron chi connectivity index (χ4n) is 1.95. The molecule has 120 valence electrons. The quantitative estimate of drug-likeness (QED) is 0.856. The van der Waals surface area contributed by atoms with Crippen LogP contribution in [0, 0.1) is 5.82 Å². The van der Waals surface area contributed by atoms with Crippen LogP contribution < -0.4 is 5.32 Å². The number of aliphatic hydroxyl groups is 1. The molecule has 0 aliphatic carbocycles. The highest BCUT2D eigenvalue weighted by Gasteiger charge is 2.19. The first kappa shape index (κ1) is 16.8. The molecule has 2 unspecified atom stereocenters. The molecule has 1 amide bonds. The van der Waals surface area contributed by atoms with E-state index in [0.29, 0.717) is 28.3 Å². The summed E-state index contributed by atoms with van der Waals surface area (Å²) in [5.74, 6) is -0.493. The lowest BCUT2D eigenvalue weighted by atomic mass is 10.2. The third kappa shape index (κ3) is 4.22. The first-order valence-electron chi connectivity index (χ1n) is 7.12. The number of carbonyl (C=O) groups is 1. The van der Waals surface area contributed by atoms with Crippen molar-refractivity contribution in [2.75, 3.05) is 18.9 Å². The van der Waals surface area contributed by atoms with Crippen molar-refractivity contribution in [3.8, 4) is 0 Å². The number of aliphatic hydroxyl groups excluding tert-OH is 1. The molecular formula is C15H20FN3O2S. The van der Waals surface area contributed by atoms with Gasteiger partial charge in [-0.05, 0) is 45.5 Å². The Hall–Kier alpha value is -1.57. The molecule has 1 heterocycles. The molecule has 2 aromatic rings. The standard InChI is InChI=1S/C15H20FN3O2S/c1-9(20)6-7-19(3)10(2)14(21)18-15-17-12-5-4-11(16)8-13(12)22-15/h4-5,8-10,20H,6-7H2,1-3H3,(H,17,18,21). The summed E-state index contributed by atoms with van der Waals surface area (Å²) in [4.78, 5) is 18.4. The van der Waals surface area contributed by atoms with Gasteiger partial charge in [-0.15, -0.1) is 0 Å². The van der Waals surface area contributed by atoms with Crippen molar-refractivity contribution < 1.29 is 14.3 Å². The summed E-state index contributed by atoms with van der Waals surface area (Å²) in [7, 11) is 1.83. The van der Waals surface area contributed by atoms with Crippen LogP contribution in [0.25, 0.3) is 10.2 Å². The Bertz CT molecular complexity index is 659. The predicted octanol–water partition coefficient (Wildman–Crippen LogP) is 2.47. The van der Waals surface area contributed by atoms with Crippen molar-refractivity contribution in [2.45, 2.75) is 32.4 Å². The van der Waals surface area contributed by atoms with Crippen molar-refractivity contribution in [1.29, 1.82) is 0 Å². The number of carbonyl (C=O) groups excluding carboxylic acids is 1. The van der Waals surface area contributed by atoms with Crippen LogP contribution >= 0.6 is 11.3 Å². The average Bonchev–Trinajstić information content (AvgIpc) is 2.84. The van der Waals surface area contributed by atoms with Crippen LogP contribution in [-0.4, -0.2) is 46.6 Å². The summed E-state index contributed by atoms with van der Waals surface area (Å²) >= 11 is 1.25. The summed E-state index contributed by atoms with van der Waals surface area (Å²) in [5, 5.41) is 12.5. The molecule has 0 bridgehead atoms. The number of rotatable bonds is 6. The maximum atomic E-state index is 13.2. The van der Waals surface area contributed by atoms with Crippen molar-refractivity contribution in [1.82, 2.24) is 9.88 Å². The molecule has 7 heteroatoms. The monoisotopic (exact) mass is 325 g/mol. The van der Waals surface area contributed by atoms with Crippen molar-refractivity contribution in [3.05, 3.63) is 24.0 Å². The number of benzene rings is 1. The average molecular weight is 325 g/mol. The SMILES string of the molecule is CC(O)CCN(C)C(C)C(=O)Nc1nc2ccc(F)cc2s1. The molecule has 0 saturated carbocycles. The number of hydrogen-bond acceptors (Lipinski definition) is 5. The summed E-state index contributed by atoms with van der Waals surface area (Å²) in [6, 6.07) is 4.00. The third-order valence-corrected chi connectivity index (χ3v) is 4.45. The van der Waals surface area contributed by atoms with E-state index in [4.69, 9.17) is 0 Å². The zero-order valence-corrected chi connectivity index (χ0v) is 13.7. The highest BCUT2D eigenvalue weighted by atomic mass is 32.1. The van der Waals surface area contributed by atoms with E-state index >= 15 is 0 Å². The highest BCUT2D eigenvalue weighted by Crippen LogP contribution is 2.26. The minimum atomic E-state index is -0.392. The maximum absolute atomic E-state index is 13.2. The van der Waals surface area contributed by atoms with E-state index in [1.54, 1.807) is 19.9 Å². The molecule has 0 aliphatic rings. The number of anilines is 1. The van der Waals surface area contributed by atoms with Crippen LogP contribution in [0.5, 0.6) is 0 Å². The van der Waals surface area contributed by atoms with Gasteiger partial charge in [0.15, 0.2) is 5.13 Å². The van der Waals surface area contributed by atoms with Gasteiger partial charge in [-0.3, -0.25) is 9.69 Å². The first-order chi connectivity index (χ1) is 10.4. The van der Waals surface area contributed by atoms with Gasteiger partial charge in [0, 0.05) is 6.54 Å². The zero-order valence-electron chi connectivity index (χ0n) is 12.8. The number of nitrogens with zero attached hydrogens (tertiary/aromatic N) is 2. The Morgan fingerprint density at radius 3 is 2.91 bits per heavy atom. The van der Waals surface area contributed by atoms with E-state index in [1.165, 1.54) is 23.5 Å². The van der Waals surface area contributed by atoms with Crippen LogP contribution in [0.15, 0.2) is 18.2 Å². The molecule has 2 atom stereocenters. The van der Waals surface area contributed by atoms with Crippen molar-refractivity contribution in [2.24, 2.45) is 0 Å². The number of thiazole rings is 1. The van der Waals surface area contributed by atoms with Crippen LogP contribution in [0.4, 0.5) is 9.52 Å². The van der Waals surface area contributed by atoms with Gasteiger partial charge in [0.1, 0.15) is 5.82 Å². The van der Waals surface area contributed by atoms with Crippen LogP contribution in [0.3, 0.4) is 0 Å². The highest BCUT2D eigenvalue weighted by molar-refractivity contribution is 7.22. The smallest absolute Gasteiger partial charge is 0.243 e. The summed E-state index contributed by atoms with van der Waals surface area (Å²) in [5.41, 5.74) is 0.664. The summed E-state index contributed by atoms with van der Waals surface area (Å²) in [6.07, 6.45) is 0.214. The van der Waals surface area contributed by atoms with E-state index in [1.807, 2.05) is 11.9 Å². The van der Waals surface area contributed by atoms with Crippen LogP contribution in [0.1, 0.15) is 20.3 Å². The number of amides is 1. The van der Waals surface area contributed by atoms with Crippen molar-refractivity contribution >= 4 is 32.6 Å². The van der Waals surface area contributed by atoms with Gasteiger partial charge >= 0.3 is 0 Å². The molecule has 1 aromatic heterocycles. The molecule has 2 rings (SSSR count). The number of halogens is 1. The molecular weight excluding hydrogens is 305 g/mol. The van der Waals surface area contributed by atoms with Gasteiger partial charge < -0.3 is 10.4 Å². The van der Waals surface area contributed by atoms with Gasteiger partial charge in [0.25, 0.3) is 0 Å². The Morgan fingerprint density at radius 2 is 2.23 bits per heavy atom. The van der Waals surface area contributed by atoms with Gasteiger partial charge in [-0.25, -0.2) is 9.37 Å². The number of hydrogen-bond donors (Lipinski definition) is 2. The second-order valence-corrected chi connectivity index (χ2v) is 6.45. The van der Waals surface area contributed by atoms with E-state index in [0.717, 1.165) is 0 Å². The first-order valence-corrected chi connectivity index (χ1v) is 7.93. The van der Waals surface area contributed by atoms with Gasteiger partial charge in [-0.2, -0.15) is 0 Å². The molecule has 0 radical (unpaired) electrons. The normalized spacial score (nSPS) is 14.3. The molecule has 1 aromatic carbocycles. The lowest BCUT2D eigenvalue weighted by Crippen LogP contribution is -2.40. The van der Waals surface area contributed by atoms with E-state index < -0.39 is 6.10 Å². The second-order valence-electron chi connectivity index (χ2n) is 5.41. The Kier molecular flexibility index (Phi) is 5.44. The minimum Gasteiger partial charge on any atom is -0.393 e. The van der Waals surface area contributed by atoms with Crippen LogP contribution in [-0.2, 0) is 4.79 Å². The molecule has 0 fully saturated rings.